The highest BCUT2D eigenvalue weighted by Crippen LogP contribution is 2.39. The van der Waals surface area contributed by atoms with Crippen LogP contribution in [0.2, 0.25) is 0 Å². The topological polar surface area (TPSA) is 82.0 Å². The highest BCUT2D eigenvalue weighted by atomic mass is 19.4. The van der Waals surface area contributed by atoms with Crippen LogP contribution in [0, 0.1) is 0 Å². The van der Waals surface area contributed by atoms with E-state index >= 15 is 0 Å². The summed E-state index contributed by atoms with van der Waals surface area (Å²) in [5, 5.41) is 0. The number of halogens is 3. The van der Waals surface area contributed by atoms with Crippen molar-refractivity contribution in [1.82, 2.24) is 4.90 Å². The van der Waals surface area contributed by atoms with Gasteiger partial charge in [0.05, 0.1) is 21.3 Å². The Balaban J connectivity index is 2.72. The number of aliphatic imine (C=N–C) groups is 2. The van der Waals surface area contributed by atoms with E-state index in [4.69, 9.17) is 14.2 Å². The molecular weight excluding hydrogens is 395 g/mol. The summed E-state index contributed by atoms with van der Waals surface area (Å²) in [5.74, 6) is -1.51. The van der Waals surface area contributed by atoms with E-state index in [1.807, 2.05) is 0 Å². The summed E-state index contributed by atoms with van der Waals surface area (Å²) < 4.78 is 62.3. The van der Waals surface area contributed by atoms with Crippen LogP contribution < -0.4 is 9.47 Å². The molecule has 0 saturated heterocycles. The van der Waals surface area contributed by atoms with Crippen molar-refractivity contribution < 1.29 is 36.9 Å². The van der Waals surface area contributed by atoms with Gasteiger partial charge in [-0.25, -0.2) is 4.79 Å². The highest BCUT2D eigenvalue weighted by molar-refractivity contribution is 6.05. The van der Waals surface area contributed by atoms with Gasteiger partial charge in [0.25, 0.3) is 6.02 Å². The molecule has 2 rings (SSSR count). The summed E-state index contributed by atoms with van der Waals surface area (Å²) in [6.45, 7) is 4.02. The third-order valence-corrected chi connectivity index (χ3v) is 4.24. The van der Waals surface area contributed by atoms with Crippen molar-refractivity contribution in [2.45, 2.75) is 25.7 Å². The Kier molecular flexibility index (Phi) is 6.60. The molecule has 1 atom stereocenters. The van der Waals surface area contributed by atoms with E-state index in [0.29, 0.717) is 18.8 Å². The van der Waals surface area contributed by atoms with Gasteiger partial charge < -0.3 is 23.8 Å². The van der Waals surface area contributed by atoms with Gasteiger partial charge >= 0.3 is 17.8 Å². The Morgan fingerprint density at radius 1 is 1.10 bits per heavy atom. The van der Waals surface area contributed by atoms with Gasteiger partial charge in [-0.2, -0.15) is 23.2 Å². The normalized spacial score (nSPS) is 18.9. The minimum absolute atomic E-state index is 0.139. The number of rotatable bonds is 6. The van der Waals surface area contributed by atoms with Crippen LogP contribution >= 0.6 is 0 Å². The summed E-state index contributed by atoms with van der Waals surface area (Å²) in [7, 11) is 3.63. The van der Waals surface area contributed by atoms with Crippen LogP contribution in [-0.4, -0.2) is 69.0 Å². The van der Waals surface area contributed by atoms with E-state index in [2.05, 4.69) is 14.7 Å². The van der Waals surface area contributed by atoms with Gasteiger partial charge in [-0.1, -0.05) is 0 Å². The zero-order valence-corrected chi connectivity index (χ0v) is 16.7. The molecule has 0 N–H and O–H groups in total. The van der Waals surface area contributed by atoms with Crippen molar-refractivity contribution in [2.75, 3.05) is 34.4 Å². The Morgan fingerprint density at radius 2 is 1.72 bits per heavy atom. The zero-order chi connectivity index (χ0) is 21.8. The lowest BCUT2D eigenvalue weighted by molar-refractivity contribution is -0.202. The molecule has 29 heavy (non-hydrogen) atoms. The van der Waals surface area contributed by atoms with Crippen LogP contribution in [0.1, 0.15) is 19.4 Å². The van der Waals surface area contributed by atoms with Gasteiger partial charge in [0.15, 0.2) is 11.5 Å². The molecule has 1 aliphatic heterocycles. The molecule has 8 nitrogen and oxygen atoms in total. The summed E-state index contributed by atoms with van der Waals surface area (Å²) >= 11 is 0. The highest BCUT2D eigenvalue weighted by Gasteiger charge is 2.65. The lowest BCUT2D eigenvalue weighted by Gasteiger charge is -2.33. The number of esters is 1. The molecule has 0 aliphatic carbocycles. The molecule has 0 radical (unpaired) electrons. The first-order valence-corrected chi connectivity index (χ1v) is 8.67. The van der Waals surface area contributed by atoms with Crippen molar-refractivity contribution in [3.63, 3.8) is 0 Å². The number of amidine groups is 1. The van der Waals surface area contributed by atoms with Gasteiger partial charge in [0.2, 0.25) is 5.90 Å². The Labute approximate surface area is 165 Å². The number of carbonyl (C=O) groups excluding carboxylic acids is 1. The number of nitrogens with zero attached hydrogens (tertiary/aromatic N) is 3. The predicted molar refractivity (Wildman–Crippen MR) is 98.3 cm³/mol. The minimum atomic E-state index is -5.16. The number of alkyl halides is 3. The van der Waals surface area contributed by atoms with Crippen LogP contribution in [0.5, 0.6) is 11.5 Å². The SMILES string of the molecule is CCN(CC)C1=N[C@](C(=O)OC)(C(F)(F)F)N=C(c2ccc(OC)c(OC)c2)O1. The molecule has 0 bridgehead atoms. The van der Waals surface area contributed by atoms with Crippen LogP contribution in [0.25, 0.3) is 0 Å². The van der Waals surface area contributed by atoms with Gasteiger partial charge in [0, 0.05) is 18.7 Å². The number of methoxy groups -OCH3 is 3. The smallest absolute Gasteiger partial charge is 0.446 e. The fourth-order valence-corrected chi connectivity index (χ4v) is 2.64. The predicted octanol–water partition coefficient (Wildman–Crippen LogP) is 2.61. The van der Waals surface area contributed by atoms with E-state index in [9.17, 15) is 18.0 Å². The summed E-state index contributed by atoms with van der Waals surface area (Å²) in [6, 6.07) is 3.92. The molecule has 0 spiro atoms. The van der Waals surface area contributed by atoms with E-state index < -0.39 is 29.7 Å². The zero-order valence-electron chi connectivity index (χ0n) is 16.7. The Hall–Kier alpha value is -2.98. The molecular formula is C18H22F3N3O5. The minimum Gasteiger partial charge on any atom is -0.493 e. The van der Waals surface area contributed by atoms with Gasteiger partial charge in [-0.15, -0.1) is 0 Å². The van der Waals surface area contributed by atoms with Crippen molar-refractivity contribution >= 4 is 17.9 Å². The molecule has 1 heterocycles. The van der Waals surface area contributed by atoms with Crippen molar-refractivity contribution in [3.8, 4) is 11.5 Å². The molecule has 0 saturated carbocycles. The average molecular weight is 417 g/mol. The first-order valence-electron chi connectivity index (χ1n) is 8.67. The molecule has 11 heteroatoms. The number of ether oxygens (including phenoxy) is 4. The fraction of sp³-hybridized carbons (Fsp3) is 0.500. The van der Waals surface area contributed by atoms with Crippen molar-refractivity contribution in [2.24, 2.45) is 9.98 Å². The molecule has 0 unspecified atom stereocenters. The molecule has 1 aliphatic rings. The second kappa shape index (κ2) is 8.58. The maximum Gasteiger partial charge on any atom is 0.446 e. The van der Waals surface area contributed by atoms with E-state index in [-0.39, 0.29) is 11.3 Å². The van der Waals surface area contributed by atoms with E-state index in [0.717, 1.165) is 7.11 Å². The third kappa shape index (κ3) is 4.08. The van der Waals surface area contributed by atoms with Crippen molar-refractivity contribution in [3.05, 3.63) is 23.8 Å². The maximum atomic E-state index is 14.0. The Bertz CT molecular complexity index is 821. The number of hydrogen-bond acceptors (Lipinski definition) is 8. The third-order valence-electron chi connectivity index (χ3n) is 4.24. The lowest BCUT2D eigenvalue weighted by Crippen LogP contribution is -2.54. The van der Waals surface area contributed by atoms with E-state index in [1.54, 1.807) is 13.8 Å². The molecule has 1 aromatic rings. The van der Waals surface area contributed by atoms with Crippen molar-refractivity contribution in [1.29, 1.82) is 0 Å². The van der Waals surface area contributed by atoms with Gasteiger partial charge in [-0.05, 0) is 32.0 Å². The monoisotopic (exact) mass is 417 g/mol. The average Bonchev–Trinajstić information content (AvgIpc) is 2.72. The second-order valence-corrected chi connectivity index (χ2v) is 5.82. The van der Waals surface area contributed by atoms with Gasteiger partial charge in [0.1, 0.15) is 0 Å². The second-order valence-electron chi connectivity index (χ2n) is 5.82. The fourth-order valence-electron chi connectivity index (χ4n) is 2.64. The standard InChI is InChI=1S/C18H22F3N3O5/c1-6-24(7-2)16-23-17(15(25)28-5,18(19,20)21)22-14(29-16)11-8-9-12(26-3)13(10-11)27-4/h8-10H,6-7H2,1-5H3/t17-/m1/s1. The molecule has 0 amide bonds. The van der Waals surface area contributed by atoms with Gasteiger partial charge in [-0.3, -0.25) is 0 Å². The number of hydrogen-bond donors (Lipinski definition) is 0. The first-order chi connectivity index (χ1) is 13.7. The largest absolute Gasteiger partial charge is 0.493 e. The quantitative estimate of drug-likeness (QED) is 0.662. The van der Waals surface area contributed by atoms with Crippen LogP contribution in [0.4, 0.5) is 13.2 Å². The number of benzene rings is 1. The molecule has 0 aromatic heterocycles. The lowest BCUT2D eigenvalue weighted by atomic mass is 10.1. The van der Waals surface area contributed by atoms with E-state index in [1.165, 1.54) is 37.3 Å². The Morgan fingerprint density at radius 3 is 2.21 bits per heavy atom. The van der Waals surface area contributed by atoms with Crippen LogP contribution in [0.3, 0.4) is 0 Å². The number of carbonyl (C=O) groups is 1. The summed E-state index contributed by atoms with van der Waals surface area (Å²) in [4.78, 5) is 20.7. The molecule has 0 fully saturated rings. The summed E-state index contributed by atoms with van der Waals surface area (Å²) in [5.41, 5.74) is -3.35. The maximum absolute atomic E-state index is 14.0. The first kappa shape index (κ1) is 22.3. The molecule has 160 valence electrons. The van der Waals surface area contributed by atoms with Crippen LogP contribution in [0.15, 0.2) is 28.2 Å². The molecule has 1 aromatic carbocycles. The van der Waals surface area contributed by atoms with Crippen LogP contribution in [-0.2, 0) is 14.3 Å². The summed E-state index contributed by atoms with van der Waals surface area (Å²) in [6.07, 6.45) is -5.16.